The fourth-order valence-electron chi connectivity index (χ4n) is 12.1. The number of nitrogens with one attached hydrogen (secondary N) is 4. The molecule has 526 valence electrons. The first kappa shape index (κ1) is 74.0. The van der Waals surface area contributed by atoms with Gasteiger partial charge in [-0.25, -0.2) is 14.2 Å². The predicted octanol–water partition coefficient (Wildman–Crippen LogP) is 12.1. The normalized spacial score (nSPS) is 13.9. The Morgan fingerprint density at radius 2 is 0.908 bits per heavy atom. The van der Waals surface area contributed by atoms with Gasteiger partial charge in [0.1, 0.15) is 34.5 Å². The highest BCUT2D eigenvalue weighted by molar-refractivity contribution is 7.34. The van der Waals surface area contributed by atoms with Crippen molar-refractivity contribution in [3.63, 3.8) is 0 Å². The number of anilines is 2. The zero-order chi connectivity index (χ0) is 69.9. The summed E-state index contributed by atoms with van der Waals surface area (Å²) in [6.07, 6.45) is 11.1. The summed E-state index contributed by atoms with van der Waals surface area (Å²) in [7, 11) is -3.40. The fourth-order valence-corrected chi connectivity index (χ4v) is 12.8. The van der Waals surface area contributed by atoms with Crippen molar-refractivity contribution in [3.05, 3.63) is 132 Å². The second-order valence-electron chi connectivity index (χ2n) is 23.8. The van der Waals surface area contributed by atoms with Gasteiger partial charge in [0.2, 0.25) is 24.6 Å². The molecule has 2 aromatic heterocycles. The Balaban J connectivity index is 0.862. The first-order valence-corrected chi connectivity index (χ1v) is 35.2. The number of ether oxygens (including phenoxy) is 2. The lowest BCUT2D eigenvalue weighted by atomic mass is 9.90. The van der Waals surface area contributed by atoms with Gasteiger partial charge in [0.05, 0.1) is 61.6 Å². The van der Waals surface area contributed by atoms with Crippen molar-refractivity contribution in [3.8, 4) is 45.6 Å². The Bertz CT molecular complexity index is 3440. The Hall–Kier alpha value is -9.77. The predicted molar refractivity (Wildman–Crippen MR) is 368 cm³/mol. The third-order valence-corrected chi connectivity index (χ3v) is 17.9. The minimum absolute atomic E-state index is 0.0724. The minimum Gasteiger partial charge on any atom is -0.494 e. The van der Waals surface area contributed by atoms with Crippen molar-refractivity contribution < 1.29 is 80.0 Å². The number of unbranched alkanes of at least 4 members (excludes halogenated alkanes) is 4. The summed E-state index contributed by atoms with van der Waals surface area (Å²) < 4.78 is 49.1. The van der Waals surface area contributed by atoms with Crippen molar-refractivity contribution in [2.45, 2.75) is 144 Å². The maximum Gasteiger partial charge on any atom is 0.418 e. The summed E-state index contributed by atoms with van der Waals surface area (Å²) in [6.45, 7) is 14.7. The smallest absolute Gasteiger partial charge is 0.418 e. The van der Waals surface area contributed by atoms with E-state index in [2.05, 4.69) is 31.1 Å². The number of carbonyl (C=O) groups excluding carboxylic acids is 8. The zero-order valence-electron chi connectivity index (χ0n) is 56.6. The lowest BCUT2D eigenvalue weighted by Gasteiger charge is -2.32. The molecule has 4 aromatic carbocycles. The molecule has 2 saturated heterocycles. The van der Waals surface area contributed by atoms with Crippen molar-refractivity contribution in [1.82, 2.24) is 31.4 Å². The van der Waals surface area contributed by atoms with Crippen molar-refractivity contribution in [2.24, 2.45) is 11.8 Å². The number of rotatable bonds is 40. The molecule has 0 radical (unpaired) electrons. The van der Waals surface area contributed by atoms with Gasteiger partial charge in [-0.05, 0) is 150 Å². The molecule has 6 amide bonds. The summed E-state index contributed by atoms with van der Waals surface area (Å²) in [4.78, 5) is 123. The van der Waals surface area contributed by atoms with Crippen LogP contribution in [0.1, 0.15) is 173 Å². The Morgan fingerprint density at radius 3 is 1.28 bits per heavy atom. The van der Waals surface area contributed by atoms with Crippen LogP contribution >= 0.6 is 8.25 Å². The fraction of sp³-hybridized carbons (Fsp3) is 0.444. The Morgan fingerprint density at radius 1 is 0.510 bits per heavy atom. The van der Waals surface area contributed by atoms with E-state index in [0.717, 1.165) is 99.0 Å². The van der Waals surface area contributed by atoms with Gasteiger partial charge in [-0.3, -0.25) is 28.8 Å². The van der Waals surface area contributed by atoms with E-state index in [1.807, 2.05) is 26.0 Å². The Labute approximate surface area is 572 Å². The maximum atomic E-state index is 13.9. The number of hydrogen-bond acceptors (Lipinski definition) is 19. The second kappa shape index (κ2) is 37.7. The molecule has 2 fully saturated rings. The van der Waals surface area contributed by atoms with Gasteiger partial charge in [-0.2, -0.15) is 10.1 Å². The molecule has 25 nitrogen and oxygen atoms in total. The van der Waals surface area contributed by atoms with Crippen LogP contribution in [0, 0.1) is 11.8 Å². The number of hydrogen-bond donors (Lipinski definition) is 4. The van der Waals surface area contributed by atoms with E-state index >= 15 is 0 Å². The quantitative estimate of drug-likeness (QED) is 0.00913. The van der Waals surface area contributed by atoms with Gasteiger partial charge in [0, 0.05) is 60.8 Å². The third kappa shape index (κ3) is 20.6. The largest absolute Gasteiger partial charge is 0.494 e. The lowest BCUT2D eigenvalue weighted by Crippen LogP contribution is -2.49. The second-order valence-corrected chi connectivity index (χ2v) is 24.7. The molecule has 0 spiro atoms. The van der Waals surface area contributed by atoms with Crippen LogP contribution in [0.5, 0.6) is 23.0 Å². The molecule has 0 unspecified atom stereocenters. The molecule has 26 heteroatoms. The van der Waals surface area contributed by atoms with Crippen LogP contribution < -0.4 is 49.6 Å². The Kier molecular flexibility index (Phi) is 28.5. The number of nitrogens with zero attached hydrogens (tertiary/aromatic N) is 4. The van der Waals surface area contributed by atoms with E-state index in [4.69, 9.17) is 37.0 Å². The summed E-state index contributed by atoms with van der Waals surface area (Å²) in [5, 5.41) is 12.7. The third-order valence-electron chi connectivity index (χ3n) is 17.1. The highest BCUT2D eigenvalue weighted by Crippen LogP contribution is 2.40. The average Bonchev–Trinajstić information content (AvgIpc) is 1.46. The first-order valence-electron chi connectivity index (χ1n) is 34.0. The zero-order valence-corrected chi connectivity index (χ0v) is 57.6. The monoisotopic (exact) mass is 1370 g/mol. The number of amides is 6. The van der Waals surface area contributed by atoms with Crippen molar-refractivity contribution >= 4 is 68.0 Å². The molecular formula is C72H91N8O17P. The van der Waals surface area contributed by atoms with Gasteiger partial charge >= 0.3 is 20.2 Å². The summed E-state index contributed by atoms with van der Waals surface area (Å²) in [5.74, 6) is -4.24. The van der Waals surface area contributed by atoms with E-state index in [-0.39, 0.29) is 85.1 Å². The number of benzene rings is 4. The standard InChI is InChI=1S/C72H91N8O17P/c1-7-13-15-27-59(61(9-3)79(47-81)94-71(87)49-23-21-25-53(37-49)77-33-17-18-34-77)67(83)73-45-75-69(85)65-31-29-63(92-65)51-39-55(90-11-5)43-57(41-51)96-98(89)97-58-42-52(40-56(44-58)91-12-6)64-30-32-66(93-64)70(86)76-46-74-68(84)60(28-16-14-8-2)62(10-4)80(48-82)95-72(88)50-24-22-26-54(38-50)78-35-19-20-36-78/h21-26,29-32,37-44,47-48,59-62,98H,7-20,27-28,33-36,45-46H2,1-6H3,(H,73,83)(H,74,84)(H,75,85)(H,76,86)/t59-,60-,61-,62-/m1/s1. The highest BCUT2D eigenvalue weighted by atomic mass is 31.1. The van der Waals surface area contributed by atoms with E-state index in [1.54, 1.807) is 88.4 Å². The van der Waals surface area contributed by atoms with Gasteiger partial charge in [0.25, 0.3) is 11.8 Å². The van der Waals surface area contributed by atoms with E-state index in [1.165, 1.54) is 36.4 Å². The average molecular weight is 1370 g/mol. The molecule has 6 aromatic rings. The molecule has 4 N–H and O–H groups in total. The van der Waals surface area contributed by atoms with Gasteiger partial charge in [-0.1, -0.05) is 78.4 Å². The maximum absolute atomic E-state index is 13.9. The van der Waals surface area contributed by atoms with Crippen LogP contribution in [0.4, 0.5) is 11.4 Å². The molecule has 2 aliphatic rings. The molecule has 4 atom stereocenters. The van der Waals surface area contributed by atoms with Crippen molar-refractivity contribution in [1.29, 1.82) is 0 Å². The summed E-state index contributed by atoms with van der Waals surface area (Å²) in [5.41, 5.74) is 3.10. The van der Waals surface area contributed by atoms with E-state index in [9.17, 15) is 42.9 Å². The SMILES string of the molecule is CCCCC[C@@H](C(=O)NCNC(=O)c1ccc(-c2cc(OCC)cc(O[PH](=O)Oc3cc(OCC)cc(-c4ccc(C(=O)NCNC(=O)[C@H](CCCCC)[C@@H](CC)N(C=O)OC(=O)c5cccc(N6CCCC6)c5)o4)c3)c2)o1)[C@@H](CC)N(C=O)OC(=O)c1cccc(N2CCCC2)c1. The van der Waals surface area contributed by atoms with Crippen LogP contribution in [-0.4, -0.2) is 123 Å². The molecule has 8 rings (SSSR count). The van der Waals surface area contributed by atoms with Gasteiger partial charge < -0.3 is 68.1 Å². The van der Waals surface area contributed by atoms with Gasteiger partial charge in [-0.15, -0.1) is 0 Å². The molecule has 0 aliphatic carbocycles. The molecule has 4 heterocycles. The number of carbonyl (C=O) groups is 8. The molecule has 98 heavy (non-hydrogen) atoms. The lowest BCUT2D eigenvalue weighted by molar-refractivity contribution is -0.171. The number of hydroxylamine groups is 4. The van der Waals surface area contributed by atoms with Crippen LogP contribution in [0.2, 0.25) is 0 Å². The van der Waals surface area contributed by atoms with E-state index in [0.29, 0.717) is 61.1 Å². The molecule has 0 bridgehead atoms. The van der Waals surface area contributed by atoms with Crippen LogP contribution in [0.15, 0.2) is 118 Å². The van der Waals surface area contributed by atoms with Crippen LogP contribution in [-0.2, 0) is 33.4 Å². The molecule has 2 aliphatic heterocycles. The van der Waals surface area contributed by atoms with Crippen LogP contribution in [0.25, 0.3) is 22.6 Å². The topological polar surface area (TPSA) is 296 Å². The first-order chi connectivity index (χ1) is 47.6. The van der Waals surface area contributed by atoms with Gasteiger partial charge in [0.15, 0.2) is 11.5 Å². The van der Waals surface area contributed by atoms with Crippen molar-refractivity contribution in [2.75, 3.05) is 62.5 Å². The van der Waals surface area contributed by atoms with E-state index < -0.39 is 67.7 Å². The molecule has 0 saturated carbocycles. The van der Waals surface area contributed by atoms with Crippen LogP contribution in [0.3, 0.4) is 0 Å². The number of furan rings is 2. The minimum atomic E-state index is -3.40. The summed E-state index contributed by atoms with van der Waals surface area (Å²) in [6, 6.07) is 27.9. The molecular weight excluding hydrogens is 1280 g/mol. The highest BCUT2D eigenvalue weighted by Gasteiger charge is 2.36. The summed E-state index contributed by atoms with van der Waals surface area (Å²) >= 11 is 0.